The van der Waals surface area contributed by atoms with E-state index in [-0.39, 0.29) is 29.8 Å². The molecular formula is C26H39FN6O3. The number of benzene rings is 1. The third-order valence-corrected chi connectivity index (χ3v) is 6.65. The molecule has 0 spiro atoms. The van der Waals surface area contributed by atoms with Crippen LogP contribution in [0.5, 0.6) is 0 Å². The topological polar surface area (TPSA) is 110 Å². The molecule has 9 nitrogen and oxygen atoms in total. The summed E-state index contributed by atoms with van der Waals surface area (Å²) in [7, 11) is 1.66. The van der Waals surface area contributed by atoms with Crippen molar-refractivity contribution in [1.82, 2.24) is 30.4 Å². The van der Waals surface area contributed by atoms with Gasteiger partial charge in [-0.1, -0.05) is 26.8 Å². The summed E-state index contributed by atoms with van der Waals surface area (Å²) in [5, 5.41) is 5.59. The first-order chi connectivity index (χ1) is 17.1. The molecule has 1 aliphatic rings. The summed E-state index contributed by atoms with van der Waals surface area (Å²) in [5.41, 5.74) is 0.719. The Labute approximate surface area is 212 Å². The Kier molecular flexibility index (Phi) is 9.28. The third kappa shape index (κ3) is 6.73. The molecule has 198 valence electrons. The lowest BCUT2D eigenvalue weighted by Crippen LogP contribution is -2.54. The summed E-state index contributed by atoms with van der Waals surface area (Å²) >= 11 is 0. The number of likely N-dealkylation sites (tertiary alicyclic amines) is 1. The number of piperidine rings is 1. The van der Waals surface area contributed by atoms with Gasteiger partial charge >= 0.3 is 6.03 Å². The predicted molar refractivity (Wildman–Crippen MR) is 137 cm³/mol. The van der Waals surface area contributed by atoms with Crippen molar-refractivity contribution in [1.29, 1.82) is 0 Å². The molecule has 10 heteroatoms. The summed E-state index contributed by atoms with van der Waals surface area (Å²) < 4.78 is 14.1. The molecule has 0 aliphatic carbocycles. The molecule has 2 unspecified atom stereocenters. The quantitative estimate of drug-likeness (QED) is 0.485. The van der Waals surface area contributed by atoms with Gasteiger partial charge in [-0.3, -0.25) is 9.59 Å². The van der Waals surface area contributed by atoms with Crippen molar-refractivity contribution < 1.29 is 18.8 Å². The number of para-hydroxylation sites is 1. The molecule has 3 atom stereocenters. The third-order valence-electron chi connectivity index (χ3n) is 6.65. The maximum atomic E-state index is 14.1. The van der Waals surface area contributed by atoms with Crippen LogP contribution >= 0.6 is 0 Å². The molecule has 4 amide bonds. The van der Waals surface area contributed by atoms with Crippen LogP contribution < -0.4 is 10.6 Å². The van der Waals surface area contributed by atoms with E-state index in [9.17, 15) is 18.8 Å². The van der Waals surface area contributed by atoms with Crippen LogP contribution in [0.2, 0.25) is 0 Å². The zero-order valence-electron chi connectivity index (χ0n) is 21.9. The van der Waals surface area contributed by atoms with Gasteiger partial charge in [-0.05, 0) is 50.7 Å². The number of H-pyrrole nitrogens is 1. The highest BCUT2D eigenvalue weighted by molar-refractivity contribution is 5.92. The van der Waals surface area contributed by atoms with E-state index in [1.165, 1.54) is 11.0 Å². The number of imidazole rings is 1. The van der Waals surface area contributed by atoms with Crippen LogP contribution in [0, 0.1) is 11.7 Å². The largest absolute Gasteiger partial charge is 0.345 e. The number of nitrogens with one attached hydrogen (secondary N) is 3. The number of carbonyl (C=O) groups is 3. The molecule has 2 heterocycles. The van der Waals surface area contributed by atoms with Crippen molar-refractivity contribution in [2.45, 2.75) is 77.9 Å². The van der Waals surface area contributed by atoms with E-state index < -0.39 is 29.8 Å². The molecule has 0 saturated carbocycles. The summed E-state index contributed by atoms with van der Waals surface area (Å²) in [6.45, 7) is 8.94. The highest BCUT2D eigenvalue weighted by Crippen LogP contribution is 2.22. The molecule has 2 aromatic rings. The minimum Gasteiger partial charge on any atom is -0.345 e. The Morgan fingerprint density at radius 2 is 1.97 bits per heavy atom. The second-order valence-corrected chi connectivity index (χ2v) is 10.1. The molecule has 36 heavy (non-hydrogen) atoms. The van der Waals surface area contributed by atoms with Gasteiger partial charge in [0, 0.05) is 26.2 Å². The summed E-state index contributed by atoms with van der Waals surface area (Å²) in [5.74, 6) is -0.453. The Morgan fingerprint density at radius 1 is 1.22 bits per heavy atom. The summed E-state index contributed by atoms with van der Waals surface area (Å²) in [6.07, 6.45) is 3.68. The monoisotopic (exact) mass is 502 g/mol. The number of hydrogen-bond donors (Lipinski definition) is 3. The summed E-state index contributed by atoms with van der Waals surface area (Å²) in [4.78, 5) is 50.1. The van der Waals surface area contributed by atoms with E-state index in [0.717, 1.165) is 25.7 Å². The molecule has 0 radical (unpaired) electrons. The van der Waals surface area contributed by atoms with E-state index >= 15 is 0 Å². The van der Waals surface area contributed by atoms with Crippen molar-refractivity contribution in [2.75, 3.05) is 20.1 Å². The van der Waals surface area contributed by atoms with E-state index in [0.29, 0.717) is 24.4 Å². The van der Waals surface area contributed by atoms with E-state index in [4.69, 9.17) is 0 Å². The first-order valence-electron chi connectivity index (χ1n) is 12.9. The highest BCUT2D eigenvalue weighted by atomic mass is 19.1. The second-order valence-electron chi connectivity index (χ2n) is 10.1. The van der Waals surface area contributed by atoms with E-state index in [1.54, 1.807) is 26.1 Å². The van der Waals surface area contributed by atoms with Crippen LogP contribution in [-0.2, 0) is 9.59 Å². The van der Waals surface area contributed by atoms with Crippen LogP contribution in [0.25, 0.3) is 11.0 Å². The van der Waals surface area contributed by atoms with Crippen LogP contribution in [0.3, 0.4) is 0 Å². The average molecular weight is 503 g/mol. The first-order valence-corrected chi connectivity index (χ1v) is 12.9. The molecule has 1 aromatic heterocycles. The molecule has 1 aromatic carbocycles. The number of hydrogen-bond acceptors (Lipinski definition) is 4. The van der Waals surface area contributed by atoms with Crippen LogP contribution in [-0.4, -0.2) is 69.8 Å². The molecule has 3 N–H and O–H groups in total. The number of fused-ring (bicyclic) bond motifs is 1. The second kappa shape index (κ2) is 12.2. The minimum absolute atomic E-state index is 0.134. The number of aromatic nitrogens is 2. The maximum absolute atomic E-state index is 14.1. The molecule has 3 rings (SSSR count). The van der Waals surface area contributed by atoms with Crippen molar-refractivity contribution in [2.24, 2.45) is 5.92 Å². The van der Waals surface area contributed by atoms with Gasteiger partial charge in [-0.2, -0.15) is 0 Å². The first kappa shape index (κ1) is 27.4. The van der Waals surface area contributed by atoms with Crippen LogP contribution in [0.1, 0.15) is 71.7 Å². The fraction of sp³-hybridized carbons (Fsp3) is 0.615. The zero-order chi connectivity index (χ0) is 26.4. The number of halogens is 1. The van der Waals surface area contributed by atoms with Crippen LogP contribution in [0.15, 0.2) is 18.2 Å². The maximum Gasteiger partial charge on any atom is 0.317 e. The SMILES string of the molecule is CCC1CCCCN1C(=O)CC(NC(=O)N(C)CC(C)C)C(=O)N[C@@H](C)c1nc2c(F)cccc2[nH]1. The number of nitrogens with zero attached hydrogens (tertiary/aromatic N) is 3. The van der Waals surface area contributed by atoms with Gasteiger partial charge in [0.05, 0.1) is 18.0 Å². The van der Waals surface area contributed by atoms with Gasteiger partial charge in [-0.25, -0.2) is 14.2 Å². The number of amides is 4. The smallest absolute Gasteiger partial charge is 0.317 e. The van der Waals surface area contributed by atoms with Gasteiger partial charge in [0.15, 0.2) is 5.82 Å². The molecule has 0 bridgehead atoms. The molecular weight excluding hydrogens is 463 g/mol. The Bertz CT molecular complexity index is 1070. The normalized spacial score (nSPS) is 17.6. The Balaban J connectivity index is 1.76. The Morgan fingerprint density at radius 3 is 2.64 bits per heavy atom. The summed E-state index contributed by atoms with van der Waals surface area (Å²) in [6, 6.07) is 2.70. The molecule has 1 fully saturated rings. The number of aromatic amines is 1. The van der Waals surface area contributed by atoms with Crippen molar-refractivity contribution >= 4 is 28.9 Å². The predicted octanol–water partition coefficient (Wildman–Crippen LogP) is 3.73. The Hall–Kier alpha value is -3.17. The molecule has 1 saturated heterocycles. The van der Waals surface area contributed by atoms with Crippen molar-refractivity contribution in [3.63, 3.8) is 0 Å². The molecule has 1 aliphatic heterocycles. The highest BCUT2D eigenvalue weighted by Gasteiger charge is 2.32. The zero-order valence-corrected chi connectivity index (χ0v) is 21.9. The average Bonchev–Trinajstić information content (AvgIpc) is 3.29. The van der Waals surface area contributed by atoms with Crippen molar-refractivity contribution in [3.8, 4) is 0 Å². The van der Waals surface area contributed by atoms with Crippen LogP contribution in [0.4, 0.5) is 9.18 Å². The fourth-order valence-electron chi connectivity index (χ4n) is 4.75. The lowest BCUT2D eigenvalue weighted by molar-refractivity contribution is -0.138. The fourth-order valence-corrected chi connectivity index (χ4v) is 4.75. The lowest BCUT2D eigenvalue weighted by atomic mass is 9.99. The van der Waals surface area contributed by atoms with Gasteiger partial charge in [-0.15, -0.1) is 0 Å². The van der Waals surface area contributed by atoms with Gasteiger partial charge in [0.1, 0.15) is 17.4 Å². The van der Waals surface area contributed by atoms with E-state index in [1.807, 2.05) is 18.7 Å². The minimum atomic E-state index is -1.05. The van der Waals surface area contributed by atoms with Gasteiger partial charge in [0.2, 0.25) is 11.8 Å². The standard InChI is InChI=1S/C26H39FN6O3/c1-6-18-10-7-8-13-33(18)22(34)14-21(30-26(36)32(5)15-16(2)3)25(35)28-17(4)24-29-20-12-9-11-19(27)23(20)31-24/h9,11-12,16-18,21H,6-8,10,13-15H2,1-5H3,(H,28,35)(H,29,31)(H,30,36)/t17-,18?,21?/m0/s1. The van der Waals surface area contributed by atoms with Gasteiger partial charge in [0.25, 0.3) is 0 Å². The number of rotatable bonds is 9. The number of carbonyl (C=O) groups excluding carboxylic acids is 3. The number of urea groups is 1. The van der Waals surface area contributed by atoms with E-state index in [2.05, 4.69) is 27.5 Å². The van der Waals surface area contributed by atoms with Gasteiger partial charge < -0.3 is 25.4 Å². The van der Waals surface area contributed by atoms with Crippen molar-refractivity contribution in [3.05, 3.63) is 29.8 Å². The lowest BCUT2D eigenvalue weighted by Gasteiger charge is -2.36.